The Morgan fingerprint density at radius 3 is 2.93 bits per heavy atom. The van der Waals surface area contributed by atoms with Crippen molar-refractivity contribution >= 4 is 11.7 Å². The van der Waals surface area contributed by atoms with Crippen LogP contribution >= 0.6 is 0 Å². The molecule has 6 nitrogen and oxygen atoms in total. The Kier molecular flexibility index (Phi) is 3.99. The van der Waals surface area contributed by atoms with Crippen molar-refractivity contribution < 1.29 is 9.53 Å². The van der Waals surface area contributed by atoms with Gasteiger partial charge in [-0.3, -0.25) is 4.79 Å². The summed E-state index contributed by atoms with van der Waals surface area (Å²) in [4.78, 5) is 19.2. The van der Waals surface area contributed by atoms with Crippen molar-refractivity contribution in [2.45, 2.75) is 13.3 Å². The van der Waals surface area contributed by atoms with E-state index < -0.39 is 0 Å². The van der Waals surface area contributed by atoms with Gasteiger partial charge in [-0.05, 0) is 6.92 Å². The minimum Gasteiger partial charge on any atom is -0.467 e. The first-order valence-electron chi connectivity index (χ1n) is 4.55. The Labute approximate surface area is 87.9 Å². The second-order valence-corrected chi connectivity index (χ2v) is 2.97. The molecule has 0 saturated heterocycles. The average Bonchev–Trinajstić information content (AvgIpc) is 2.17. The molecule has 0 bridgehead atoms. The van der Waals surface area contributed by atoms with Gasteiger partial charge in [-0.2, -0.15) is 4.98 Å². The zero-order chi connectivity index (χ0) is 11.3. The summed E-state index contributed by atoms with van der Waals surface area (Å²) in [6.07, 6.45) is 0.269. The first kappa shape index (κ1) is 11.4. The Morgan fingerprint density at radius 2 is 2.33 bits per heavy atom. The van der Waals surface area contributed by atoms with Crippen LogP contribution in [0.4, 0.5) is 5.82 Å². The van der Waals surface area contributed by atoms with Gasteiger partial charge < -0.3 is 15.8 Å². The molecule has 0 atom stereocenters. The topological polar surface area (TPSA) is 90.1 Å². The van der Waals surface area contributed by atoms with Gasteiger partial charge in [0.2, 0.25) is 5.91 Å². The number of nitrogens with two attached hydrogens (primary N) is 1. The molecule has 1 rings (SSSR count). The molecule has 82 valence electrons. The third-order valence-electron chi connectivity index (χ3n) is 1.66. The summed E-state index contributed by atoms with van der Waals surface area (Å²) < 4.78 is 4.88. The van der Waals surface area contributed by atoms with Gasteiger partial charge in [-0.15, -0.1) is 0 Å². The standard InChI is InChI=1S/C9H14N4O2/c1-6-5-7(12-8(14)3-4-10)13-9(11-6)15-2/h5H,3-4,10H2,1-2H3,(H,11,12,13,14). The van der Waals surface area contributed by atoms with Gasteiger partial charge in [0.15, 0.2) is 0 Å². The molecule has 0 spiro atoms. The molecule has 1 aromatic heterocycles. The van der Waals surface area contributed by atoms with Gasteiger partial charge in [-0.25, -0.2) is 4.98 Å². The molecule has 0 radical (unpaired) electrons. The van der Waals surface area contributed by atoms with Crippen LogP contribution in [0.5, 0.6) is 6.01 Å². The van der Waals surface area contributed by atoms with Crippen molar-refractivity contribution in [1.29, 1.82) is 0 Å². The molecule has 15 heavy (non-hydrogen) atoms. The van der Waals surface area contributed by atoms with Crippen LogP contribution in [0.2, 0.25) is 0 Å². The van der Waals surface area contributed by atoms with Crippen LogP contribution in [0.25, 0.3) is 0 Å². The zero-order valence-corrected chi connectivity index (χ0v) is 8.78. The number of methoxy groups -OCH3 is 1. The monoisotopic (exact) mass is 210 g/mol. The molecule has 3 N–H and O–H groups in total. The number of hydrogen-bond donors (Lipinski definition) is 2. The van der Waals surface area contributed by atoms with Crippen LogP contribution in [0, 0.1) is 6.92 Å². The number of carbonyl (C=O) groups excluding carboxylic acids is 1. The van der Waals surface area contributed by atoms with Crippen LogP contribution in [0.15, 0.2) is 6.07 Å². The van der Waals surface area contributed by atoms with E-state index in [2.05, 4.69) is 15.3 Å². The van der Waals surface area contributed by atoms with E-state index in [0.717, 1.165) is 5.69 Å². The van der Waals surface area contributed by atoms with E-state index in [1.165, 1.54) is 7.11 Å². The number of carbonyl (C=O) groups is 1. The summed E-state index contributed by atoms with van der Waals surface area (Å²) >= 11 is 0. The highest BCUT2D eigenvalue weighted by molar-refractivity contribution is 5.89. The maximum absolute atomic E-state index is 11.2. The van der Waals surface area contributed by atoms with Crippen LogP contribution in [-0.2, 0) is 4.79 Å². The van der Waals surface area contributed by atoms with E-state index in [4.69, 9.17) is 10.5 Å². The molecule has 0 saturated carbocycles. The molecular weight excluding hydrogens is 196 g/mol. The molecule has 1 amide bonds. The summed E-state index contributed by atoms with van der Waals surface area (Å²) in [5.74, 6) is 0.260. The van der Waals surface area contributed by atoms with Crippen molar-refractivity contribution in [2.24, 2.45) is 5.73 Å². The maximum atomic E-state index is 11.2. The number of nitrogens with one attached hydrogen (secondary N) is 1. The summed E-state index contributed by atoms with van der Waals surface area (Å²) in [5, 5.41) is 2.61. The van der Waals surface area contributed by atoms with Crippen molar-refractivity contribution in [3.8, 4) is 6.01 Å². The van der Waals surface area contributed by atoms with Gasteiger partial charge >= 0.3 is 6.01 Å². The molecule has 0 aliphatic heterocycles. The predicted octanol–water partition coefficient (Wildman–Crippen LogP) is 0.0809. The summed E-state index contributed by atoms with van der Waals surface area (Å²) in [6.45, 7) is 2.11. The largest absolute Gasteiger partial charge is 0.467 e. The Balaban J connectivity index is 2.76. The predicted molar refractivity (Wildman–Crippen MR) is 55.6 cm³/mol. The number of aromatic nitrogens is 2. The fourth-order valence-electron chi connectivity index (χ4n) is 1.03. The van der Waals surface area contributed by atoms with Gasteiger partial charge in [0.05, 0.1) is 7.11 Å². The molecule has 0 aliphatic carbocycles. The molecule has 1 aromatic rings. The van der Waals surface area contributed by atoms with Crippen molar-refractivity contribution in [3.05, 3.63) is 11.8 Å². The second-order valence-electron chi connectivity index (χ2n) is 2.97. The third kappa shape index (κ3) is 3.51. The quantitative estimate of drug-likeness (QED) is 0.734. The van der Waals surface area contributed by atoms with Crippen LogP contribution in [0.1, 0.15) is 12.1 Å². The molecule has 0 aromatic carbocycles. The lowest BCUT2D eigenvalue weighted by molar-refractivity contribution is -0.116. The first-order chi connectivity index (χ1) is 7.15. The van der Waals surface area contributed by atoms with Crippen molar-refractivity contribution in [2.75, 3.05) is 19.0 Å². The molecule has 1 heterocycles. The lowest BCUT2D eigenvalue weighted by Gasteiger charge is -2.05. The third-order valence-corrected chi connectivity index (χ3v) is 1.66. The van der Waals surface area contributed by atoms with E-state index in [0.29, 0.717) is 12.4 Å². The van der Waals surface area contributed by atoms with E-state index in [1.807, 2.05) is 0 Å². The number of rotatable bonds is 4. The molecule has 6 heteroatoms. The van der Waals surface area contributed by atoms with E-state index in [-0.39, 0.29) is 18.3 Å². The smallest absolute Gasteiger partial charge is 0.318 e. The van der Waals surface area contributed by atoms with Gasteiger partial charge in [-0.1, -0.05) is 0 Å². The fourth-order valence-corrected chi connectivity index (χ4v) is 1.03. The van der Waals surface area contributed by atoms with Crippen molar-refractivity contribution in [1.82, 2.24) is 9.97 Å². The van der Waals surface area contributed by atoms with E-state index in [1.54, 1.807) is 13.0 Å². The fraction of sp³-hybridized carbons (Fsp3) is 0.444. The number of ether oxygens (including phenoxy) is 1. The van der Waals surface area contributed by atoms with Gasteiger partial charge in [0, 0.05) is 24.7 Å². The summed E-state index contributed by atoms with van der Waals surface area (Å²) in [5.41, 5.74) is 5.98. The van der Waals surface area contributed by atoms with E-state index >= 15 is 0 Å². The lowest BCUT2D eigenvalue weighted by atomic mass is 10.4. The van der Waals surface area contributed by atoms with Gasteiger partial charge in [0.1, 0.15) is 5.82 Å². The lowest BCUT2D eigenvalue weighted by Crippen LogP contribution is -2.17. The van der Waals surface area contributed by atoms with E-state index in [9.17, 15) is 4.79 Å². The zero-order valence-electron chi connectivity index (χ0n) is 8.78. The Bertz CT molecular complexity index is 354. The highest BCUT2D eigenvalue weighted by Crippen LogP contribution is 2.10. The van der Waals surface area contributed by atoms with Crippen LogP contribution < -0.4 is 15.8 Å². The number of anilines is 1. The van der Waals surface area contributed by atoms with Crippen LogP contribution in [0.3, 0.4) is 0 Å². The first-order valence-corrected chi connectivity index (χ1v) is 4.55. The minimum absolute atomic E-state index is 0.169. The molecule has 0 fully saturated rings. The summed E-state index contributed by atoms with van der Waals surface area (Å²) in [6, 6.07) is 1.90. The number of nitrogens with zero attached hydrogens (tertiary/aromatic N) is 2. The van der Waals surface area contributed by atoms with Crippen molar-refractivity contribution in [3.63, 3.8) is 0 Å². The molecule has 0 aliphatic rings. The summed E-state index contributed by atoms with van der Waals surface area (Å²) in [7, 11) is 1.47. The Hall–Kier alpha value is -1.69. The molecular formula is C9H14N4O2. The maximum Gasteiger partial charge on any atom is 0.318 e. The number of hydrogen-bond acceptors (Lipinski definition) is 5. The minimum atomic E-state index is -0.169. The van der Waals surface area contributed by atoms with Crippen LogP contribution in [-0.4, -0.2) is 29.5 Å². The Morgan fingerprint density at radius 1 is 1.60 bits per heavy atom. The van der Waals surface area contributed by atoms with Gasteiger partial charge in [0.25, 0.3) is 0 Å². The average molecular weight is 210 g/mol. The highest BCUT2D eigenvalue weighted by atomic mass is 16.5. The normalized spacial score (nSPS) is 9.80. The number of amides is 1. The molecule has 0 unspecified atom stereocenters. The number of aryl methyl sites for hydroxylation is 1. The highest BCUT2D eigenvalue weighted by Gasteiger charge is 2.05. The second kappa shape index (κ2) is 5.26. The SMILES string of the molecule is COc1nc(C)cc(NC(=O)CCN)n1.